The van der Waals surface area contributed by atoms with Crippen LogP contribution in [0.3, 0.4) is 0 Å². The van der Waals surface area contributed by atoms with Crippen molar-refractivity contribution in [1.82, 2.24) is 10.2 Å². The summed E-state index contributed by atoms with van der Waals surface area (Å²) in [6.45, 7) is 3.55. The van der Waals surface area contributed by atoms with Gasteiger partial charge in [0, 0.05) is 36.7 Å². The Balaban J connectivity index is 1.35. The average Bonchev–Trinajstić information content (AvgIpc) is 3.29. The minimum atomic E-state index is -0.290. The van der Waals surface area contributed by atoms with Gasteiger partial charge in [-0.2, -0.15) is 0 Å². The molecule has 0 aliphatic carbocycles. The van der Waals surface area contributed by atoms with E-state index < -0.39 is 0 Å². The number of halogens is 1. The average molecular weight is 426 g/mol. The Kier molecular flexibility index (Phi) is 6.30. The number of amides is 1. The fourth-order valence-electron chi connectivity index (χ4n) is 3.67. The molecule has 1 amide bonds. The lowest BCUT2D eigenvalue weighted by Gasteiger charge is -2.36. The molecule has 2 aromatic carbocycles. The number of carbonyl (C=O) groups excluding carboxylic acids is 1. The second-order valence-electron chi connectivity index (χ2n) is 7.35. The minimum Gasteiger partial charge on any atom is -0.508 e. The van der Waals surface area contributed by atoms with Crippen LogP contribution >= 0.6 is 11.3 Å². The second-order valence-corrected chi connectivity index (χ2v) is 8.33. The number of hydrogen-bond donors (Lipinski definition) is 2. The number of anilines is 1. The van der Waals surface area contributed by atoms with E-state index in [1.54, 1.807) is 35.6 Å². The topological polar surface area (TPSA) is 55.8 Å². The lowest BCUT2D eigenvalue weighted by molar-refractivity contribution is -0.122. The Morgan fingerprint density at radius 3 is 2.37 bits per heavy atom. The van der Waals surface area contributed by atoms with Crippen molar-refractivity contribution in [1.29, 1.82) is 0 Å². The predicted octanol–water partition coefficient (Wildman–Crippen LogP) is 3.62. The SMILES string of the molecule is O=C(CN1CCN(c2ccc(O)cc2)CC1)N[C@H](c1ccc(F)cc1)c1cccs1. The van der Waals surface area contributed by atoms with Gasteiger partial charge in [-0.15, -0.1) is 11.3 Å². The Bertz CT molecular complexity index is 953. The molecular formula is C23H24FN3O2S. The van der Waals surface area contributed by atoms with Crippen LogP contribution in [-0.4, -0.2) is 48.6 Å². The number of piperazine rings is 1. The van der Waals surface area contributed by atoms with E-state index in [1.165, 1.54) is 12.1 Å². The smallest absolute Gasteiger partial charge is 0.234 e. The number of nitrogens with zero attached hydrogens (tertiary/aromatic N) is 2. The van der Waals surface area contributed by atoms with Gasteiger partial charge < -0.3 is 15.3 Å². The van der Waals surface area contributed by atoms with Gasteiger partial charge >= 0.3 is 0 Å². The van der Waals surface area contributed by atoms with E-state index in [0.29, 0.717) is 6.54 Å². The summed E-state index contributed by atoms with van der Waals surface area (Å²) in [5, 5.41) is 14.5. The van der Waals surface area contributed by atoms with Crippen molar-refractivity contribution < 1.29 is 14.3 Å². The largest absolute Gasteiger partial charge is 0.508 e. The summed E-state index contributed by atoms with van der Waals surface area (Å²) in [6.07, 6.45) is 0. The summed E-state index contributed by atoms with van der Waals surface area (Å²) < 4.78 is 13.3. The van der Waals surface area contributed by atoms with Crippen molar-refractivity contribution >= 4 is 22.9 Å². The fraction of sp³-hybridized carbons (Fsp3) is 0.261. The van der Waals surface area contributed by atoms with E-state index in [0.717, 1.165) is 42.3 Å². The van der Waals surface area contributed by atoms with Crippen molar-refractivity contribution in [2.75, 3.05) is 37.6 Å². The van der Waals surface area contributed by atoms with E-state index in [4.69, 9.17) is 0 Å². The summed E-state index contributed by atoms with van der Waals surface area (Å²) in [4.78, 5) is 18.2. The Labute approximate surface area is 179 Å². The molecule has 5 nitrogen and oxygen atoms in total. The maximum atomic E-state index is 13.3. The highest BCUT2D eigenvalue weighted by Gasteiger charge is 2.22. The number of aromatic hydroxyl groups is 1. The van der Waals surface area contributed by atoms with Crippen LogP contribution in [0.4, 0.5) is 10.1 Å². The zero-order chi connectivity index (χ0) is 20.9. The lowest BCUT2D eigenvalue weighted by atomic mass is 10.1. The van der Waals surface area contributed by atoms with E-state index in [9.17, 15) is 14.3 Å². The molecular weight excluding hydrogens is 401 g/mol. The number of carbonyl (C=O) groups is 1. The molecule has 0 spiro atoms. The molecule has 4 rings (SSSR count). The van der Waals surface area contributed by atoms with Crippen LogP contribution in [0.25, 0.3) is 0 Å². The van der Waals surface area contributed by atoms with Crippen molar-refractivity contribution in [3.05, 3.63) is 82.3 Å². The van der Waals surface area contributed by atoms with Gasteiger partial charge in [0.15, 0.2) is 0 Å². The first-order valence-electron chi connectivity index (χ1n) is 9.93. The molecule has 1 aliphatic heterocycles. The van der Waals surface area contributed by atoms with Gasteiger partial charge in [0.05, 0.1) is 12.6 Å². The van der Waals surface area contributed by atoms with Gasteiger partial charge in [0.2, 0.25) is 5.91 Å². The zero-order valence-electron chi connectivity index (χ0n) is 16.5. The van der Waals surface area contributed by atoms with Gasteiger partial charge in [0.1, 0.15) is 11.6 Å². The van der Waals surface area contributed by atoms with Gasteiger partial charge in [-0.3, -0.25) is 9.69 Å². The van der Waals surface area contributed by atoms with Crippen molar-refractivity contribution in [2.45, 2.75) is 6.04 Å². The molecule has 7 heteroatoms. The first-order chi connectivity index (χ1) is 14.6. The molecule has 2 heterocycles. The number of rotatable bonds is 6. The predicted molar refractivity (Wildman–Crippen MR) is 117 cm³/mol. The Morgan fingerprint density at radius 2 is 1.73 bits per heavy atom. The van der Waals surface area contributed by atoms with Crippen LogP contribution in [0.15, 0.2) is 66.0 Å². The molecule has 0 unspecified atom stereocenters. The van der Waals surface area contributed by atoms with Crippen LogP contribution in [0, 0.1) is 5.82 Å². The summed E-state index contributed by atoms with van der Waals surface area (Å²) in [7, 11) is 0. The third kappa shape index (κ3) is 4.98. The number of thiophene rings is 1. The summed E-state index contributed by atoms with van der Waals surface area (Å²) in [5.74, 6) is -0.0761. The maximum absolute atomic E-state index is 13.3. The quantitative estimate of drug-likeness (QED) is 0.633. The van der Waals surface area contributed by atoms with Crippen LogP contribution in [-0.2, 0) is 4.79 Å². The highest BCUT2D eigenvalue weighted by Crippen LogP contribution is 2.26. The van der Waals surface area contributed by atoms with Crippen LogP contribution in [0.1, 0.15) is 16.5 Å². The van der Waals surface area contributed by atoms with Crippen molar-refractivity contribution in [3.8, 4) is 5.75 Å². The van der Waals surface area contributed by atoms with Gasteiger partial charge in [0.25, 0.3) is 0 Å². The molecule has 2 N–H and O–H groups in total. The molecule has 1 atom stereocenters. The van der Waals surface area contributed by atoms with E-state index in [-0.39, 0.29) is 23.5 Å². The number of nitrogens with one attached hydrogen (secondary N) is 1. The molecule has 1 aromatic heterocycles. The standard InChI is InChI=1S/C23H24FN3O2S/c24-18-5-3-17(4-6-18)23(21-2-1-15-30-21)25-22(29)16-26-11-13-27(14-12-26)19-7-9-20(28)10-8-19/h1-10,15,23,28H,11-14,16H2,(H,25,29)/t23-/m1/s1. The Morgan fingerprint density at radius 1 is 1.03 bits per heavy atom. The Hall–Kier alpha value is -2.90. The van der Waals surface area contributed by atoms with Crippen LogP contribution in [0.2, 0.25) is 0 Å². The first kappa shape index (κ1) is 20.4. The lowest BCUT2D eigenvalue weighted by Crippen LogP contribution is -2.49. The number of phenolic OH excluding ortho intramolecular Hbond substituents is 1. The first-order valence-corrected chi connectivity index (χ1v) is 10.8. The summed E-state index contributed by atoms with van der Waals surface area (Å²) in [5.41, 5.74) is 1.94. The molecule has 1 saturated heterocycles. The molecule has 3 aromatic rings. The van der Waals surface area contributed by atoms with E-state index in [2.05, 4.69) is 15.1 Å². The normalized spacial score (nSPS) is 15.7. The molecule has 1 aliphatic rings. The van der Waals surface area contributed by atoms with E-state index >= 15 is 0 Å². The minimum absolute atomic E-state index is 0.0455. The maximum Gasteiger partial charge on any atom is 0.234 e. The molecule has 0 saturated carbocycles. The van der Waals surface area contributed by atoms with E-state index in [1.807, 2.05) is 29.6 Å². The highest BCUT2D eigenvalue weighted by molar-refractivity contribution is 7.10. The third-order valence-electron chi connectivity index (χ3n) is 5.29. The van der Waals surface area contributed by atoms with Crippen LogP contribution < -0.4 is 10.2 Å². The zero-order valence-corrected chi connectivity index (χ0v) is 17.3. The number of benzene rings is 2. The molecule has 1 fully saturated rings. The molecule has 30 heavy (non-hydrogen) atoms. The van der Waals surface area contributed by atoms with Crippen molar-refractivity contribution in [2.24, 2.45) is 0 Å². The third-order valence-corrected chi connectivity index (χ3v) is 6.23. The van der Waals surface area contributed by atoms with Crippen LogP contribution in [0.5, 0.6) is 5.75 Å². The summed E-state index contributed by atoms with van der Waals surface area (Å²) >= 11 is 1.57. The monoisotopic (exact) mass is 425 g/mol. The second kappa shape index (κ2) is 9.28. The molecule has 0 radical (unpaired) electrons. The molecule has 0 bridgehead atoms. The summed E-state index contributed by atoms with van der Waals surface area (Å²) in [6, 6.07) is 17.1. The number of hydrogen-bond acceptors (Lipinski definition) is 5. The molecule has 156 valence electrons. The van der Waals surface area contributed by atoms with Gasteiger partial charge in [-0.05, 0) is 53.4 Å². The fourth-order valence-corrected chi connectivity index (χ4v) is 4.47. The number of phenols is 1. The van der Waals surface area contributed by atoms with Gasteiger partial charge in [-0.1, -0.05) is 18.2 Å². The highest BCUT2D eigenvalue weighted by atomic mass is 32.1. The van der Waals surface area contributed by atoms with Gasteiger partial charge in [-0.25, -0.2) is 4.39 Å². The van der Waals surface area contributed by atoms with Crippen molar-refractivity contribution in [3.63, 3.8) is 0 Å².